The van der Waals surface area contributed by atoms with Gasteiger partial charge in [0.15, 0.2) is 0 Å². The van der Waals surface area contributed by atoms with Crippen molar-refractivity contribution in [1.82, 2.24) is 4.90 Å². The summed E-state index contributed by atoms with van der Waals surface area (Å²) in [6.45, 7) is 12.7. The predicted octanol–water partition coefficient (Wildman–Crippen LogP) is 3.12. The molecule has 0 bridgehead atoms. The SMILES string of the molecule is CC(C)CN(CC(C)C)CC(N)C1CCCC1. The highest BCUT2D eigenvalue weighted by molar-refractivity contribution is 4.81. The van der Waals surface area contributed by atoms with Crippen molar-refractivity contribution < 1.29 is 0 Å². The first kappa shape index (κ1) is 15.0. The molecule has 0 aromatic rings. The van der Waals surface area contributed by atoms with Crippen molar-refractivity contribution in [2.24, 2.45) is 23.5 Å². The fourth-order valence-electron chi connectivity index (χ4n) is 3.09. The molecular weight excluding hydrogens is 208 g/mol. The fourth-order valence-corrected chi connectivity index (χ4v) is 3.09. The van der Waals surface area contributed by atoms with Gasteiger partial charge in [0.2, 0.25) is 0 Å². The second-order valence-electron chi connectivity index (χ2n) is 6.71. The van der Waals surface area contributed by atoms with Gasteiger partial charge >= 0.3 is 0 Å². The van der Waals surface area contributed by atoms with E-state index in [1.165, 1.54) is 38.8 Å². The minimum absolute atomic E-state index is 0.398. The van der Waals surface area contributed by atoms with Gasteiger partial charge in [-0.25, -0.2) is 0 Å². The zero-order valence-corrected chi connectivity index (χ0v) is 12.3. The summed E-state index contributed by atoms with van der Waals surface area (Å²) in [5, 5.41) is 0. The third-order valence-electron chi connectivity index (χ3n) is 3.72. The van der Waals surface area contributed by atoms with Crippen molar-refractivity contribution in [2.45, 2.75) is 59.4 Å². The van der Waals surface area contributed by atoms with Crippen LogP contribution in [0.4, 0.5) is 0 Å². The van der Waals surface area contributed by atoms with E-state index >= 15 is 0 Å². The molecule has 0 spiro atoms. The summed E-state index contributed by atoms with van der Waals surface area (Å²) < 4.78 is 0. The molecule has 0 aliphatic heterocycles. The topological polar surface area (TPSA) is 29.3 Å². The quantitative estimate of drug-likeness (QED) is 0.741. The minimum Gasteiger partial charge on any atom is -0.326 e. The third kappa shape index (κ3) is 5.87. The molecule has 1 aliphatic rings. The summed E-state index contributed by atoms with van der Waals surface area (Å²) in [6.07, 6.45) is 5.51. The van der Waals surface area contributed by atoms with Gasteiger partial charge in [0.05, 0.1) is 0 Å². The standard InChI is InChI=1S/C15H32N2/c1-12(2)9-17(10-13(3)4)11-15(16)14-7-5-6-8-14/h12-15H,5-11,16H2,1-4H3. The average molecular weight is 240 g/mol. The van der Waals surface area contributed by atoms with Gasteiger partial charge in [-0.1, -0.05) is 40.5 Å². The maximum atomic E-state index is 6.39. The van der Waals surface area contributed by atoms with Gasteiger partial charge in [-0.3, -0.25) is 0 Å². The molecule has 1 saturated carbocycles. The molecule has 102 valence electrons. The first-order valence-electron chi connectivity index (χ1n) is 7.47. The number of nitrogens with zero attached hydrogens (tertiary/aromatic N) is 1. The molecule has 0 saturated heterocycles. The van der Waals surface area contributed by atoms with Crippen molar-refractivity contribution in [3.05, 3.63) is 0 Å². The molecule has 1 aliphatic carbocycles. The molecule has 0 aromatic carbocycles. The maximum Gasteiger partial charge on any atom is 0.0196 e. The molecule has 2 N–H and O–H groups in total. The van der Waals surface area contributed by atoms with Crippen LogP contribution in [0.3, 0.4) is 0 Å². The normalized spacial score (nSPS) is 19.8. The first-order valence-corrected chi connectivity index (χ1v) is 7.47. The van der Waals surface area contributed by atoms with Crippen LogP contribution in [0.1, 0.15) is 53.4 Å². The Bertz CT molecular complexity index is 185. The van der Waals surface area contributed by atoms with Crippen LogP contribution in [0.25, 0.3) is 0 Å². The van der Waals surface area contributed by atoms with Gasteiger partial charge in [0, 0.05) is 25.7 Å². The molecule has 1 atom stereocenters. The Morgan fingerprint density at radius 3 is 1.82 bits per heavy atom. The van der Waals surface area contributed by atoms with E-state index in [0.29, 0.717) is 6.04 Å². The fraction of sp³-hybridized carbons (Fsp3) is 1.00. The van der Waals surface area contributed by atoms with Crippen LogP contribution in [0, 0.1) is 17.8 Å². The molecule has 0 radical (unpaired) electrons. The molecule has 1 unspecified atom stereocenters. The van der Waals surface area contributed by atoms with Crippen molar-refractivity contribution in [1.29, 1.82) is 0 Å². The van der Waals surface area contributed by atoms with Gasteiger partial charge in [-0.2, -0.15) is 0 Å². The Morgan fingerprint density at radius 2 is 1.41 bits per heavy atom. The van der Waals surface area contributed by atoms with Crippen molar-refractivity contribution in [3.63, 3.8) is 0 Å². The highest BCUT2D eigenvalue weighted by Crippen LogP contribution is 2.27. The summed E-state index contributed by atoms with van der Waals surface area (Å²) in [5.41, 5.74) is 6.39. The van der Waals surface area contributed by atoms with Crippen LogP contribution in [-0.4, -0.2) is 30.6 Å². The number of nitrogens with two attached hydrogens (primary N) is 1. The van der Waals surface area contributed by atoms with Crippen LogP contribution in [0.5, 0.6) is 0 Å². The Hall–Kier alpha value is -0.0800. The van der Waals surface area contributed by atoms with E-state index in [0.717, 1.165) is 24.3 Å². The van der Waals surface area contributed by atoms with E-state index in [9.17, 15) is 0 Å². The van der Waals surface area contributed by atoms with Crippen molar-refractivity contribution >= 4 is 0 Å². The summed E-state index contributed by atoms with van der Waals surface area (Å²) in [6, 6.07) is 0.398. The second kappa shape index (κ2) is 7.38. The molecule has 0 amide bonds. The molecule has 1 rings (SSSR count). The molecule has 0 aromatic heterocycles. The third-order valence-corrected chi connectivity index (χ3v) is 3.72. The summed E-state index contributed by atoms with van der Waals surface area (Å²) in [4.78, 5) is 2.58. The molecule has 2 nitrogen and oxygen atoms in total. The Morgan fingerprint density at radius 1 is 0.941 bits per heavy atom. The van der Waals surface area contributed by atoms with Crippen molar-refractivity contribution in [2.75, 3.05) is 19.6 Å². The van der Waals surface area contributed by atoms with Crippen LogP contribution >= 0.6 is 0 Å². The van der Waals surface area contributed by atoms with Crippen LogP contribution < -0.4 is 5.73 Å². The first-order chi connectivity index (χ1) is 7.99. The zero-order valence-electron chi connectivity index (χ0n) is 12.3. The lowest BCUT2D eigenvalue weighted by Gasteiger charge is -2.31. The van der Waals surface area contributed by atoms with E-state index in [2.05, 4.69) is 32.6 Å². The van der Waals surface area contributed by atoms with Crippen LogP contribution in [0.2, 0.25) is 0 Å². The van der Waals surface area contributed by atoms with E-state index in [-0.39, 0.29) is 0 Å². The molecule has 2 heteroatoms. The summed E-state index contributed by atoms with van der Waals surface area (Å²) in [5.74, 6) is 2.27. The Kier molecular flexibility index (Phi) is 6.50. The highest BCUT2D eigenvalue weighted by Gasteiger charge is 2.24. The molecule has 0 heterocycles. The van der Waals surface area contributed by atoms with Gasteiger partial charge in [-0.15, -0.1) is 0 Å². The zero-order chi connectivity index (χ0) is 12.8. The van der Waals surface area contributed by atoms with E-state index in [4.69, 9.17) is 5.73 Å². The van der Waals surface area contributed by atoms with E-state index in [1.54, 1.807) is 0 Å². The molecule has 17 heavy (non-hydrogen) atoms. The lowest BCUT2D eigenvalue weighted by molar-refractivity contribution is 0.189. The Labute approximate surface area is 108 Å². The minimum atomic E-state index is 0.398. The van der Waals surface area contributed by atoms with E-state index in [1.807, 2.05) is 0 Å². The van der Waals surface area contributed by atoms with Gasteiger partial charge in [0.1, 0.15) is 0 Å². The molecule has 1 fully saturated rings. The predicted molar refractivity (Wildman–Crippen MR) is 76.0 cm³/mol. The summed E-state index contributed by atoms with van der Waals surface area (Å²) in [7, 11) is 0. The number of rotatable bonds is 7. The Balaban J connectivity index is 2.40. The second-order valence-corrected chi connectivity index (χ2v) is 6.71. The average Bonchev–Trinajstić information content (AvgIpc) is 2.67. The highest BCUT2D eigenvalue weighted by atomic mass is 15.1. The maximum absolute atomic E-state index is 6.39. The largest absolute Gasteiger partial charge is 0.326 e. The lowest BCUT2D eigenvalue weighted by atomic mass is 9.98. The van der Waals surface area contributed by atoms with E-state index < -0.39 is 0 Å². The van der Waals surface area contributed by atoms with Crippen LogP contribution in [0.15, 0.2) is 0 Å². The number of hydrogen-bond donors (Lipinski definition) is 1. The van der Waals surface area contributed by atoms with Crippen LogP contribution in [-0.2, 0) is 0 Å². The van der Waals surface area contributed by atoms with Crippen molar-refractivity contribution in [3.8, 4) is 0 Å². The van der Waals surface area contributed by atoms with Gasteiger partial charge in [0.25, 0.3) is 0 Å². The molecular formula is C15H32N2. The summed E-state index contributed by atoms with van der Waals surface area (Å²) >= 11 is 0. The smallest absolute Gasteiger partial charge is 0.0196 e. The van der Waals surface area contributed by atoms with Gasteiger partial charge in [-0.05, 0) is 30.6 Å². The number of hydrogen-bond acceptors (Lipinski definition) is 2. The monoisotopic (exact) mass is 240 g/mol. The van der Waals surface area contributed by atoms with Gasteiger partial charge < -0.3 is 10.6 Å². The lowest BCUT2D eigenvalue weighted by Crippen LogP contribution is -2.44.